The number of hydrogen-bond acceptors (Lipinski definition) is 4. The fourth-order valence-corrected chi connectivity index (χ4v) is 5.19. The van der Waals surface area contributed by atoms with Gasteiger partial charge in [0.05, 0.1) is 6.33 Å². The maximum absolute atomic E-state index is 12.4. The first kappa shape index (κ1) is 19.0. The van der Waals surface area contributed by atoms with Crippen molar-refractivity contribution in [2.45, 2.75) is 51.5 Å². The van der Waals surface area contributed by atoms with Crippen molar-refractivity contribution in [1.82, 2.24) is 24.0 Å². The van der Waals surface area contributed by atoms with E-state index < -0.39 is 5.69 Å². The Hall–Kier alpha value is -2.38. The van der Waals surface area contributed by atoms with Crippen molar-refractivity contribution < 1.29 is 4.79 Å². The third-order valence-corrected chi connectivity index (χ3v) is 6.74. The Balaban J connectivity index is 1.27. The number of rotatable bonds is 7. The number of aryl methyl sites for hydroxylation is 2. The van der Waals surface area contributed by atoms with Gasteiger partial charge in [0, 0.05) is 33.6 Å². The van der Waals surface area contributed by atoms with Gasteiger partial charge in [-0.15, -0.1) is 0 Å². The SMILES string of the molecule is Cn1c(=O)c2c(ncn2CCCC(=O)NCCC2CC3CCC2C3)n(C)c1=O. The number of hydrogen-bond donors (Lipinski definition) is 1. The molecule has 28 heavy (non-hydrogen) atoms. The number of nitrogens with one attached hydrogen (secondary N) is 1. The number of nitrogens with zero attached hydrogens (tertiary/aromatic N) is 4. The van der Waals surface area contributed by atoms with Crippen LogP contribution in [-0.2, 0) is 25.4 Å². The zero-order valence-electron chi connectivity index (χ0n) is 16.7. The van der Waals surface area contributed by atoms with E-state index in [0.717, 1.165) is 35.3 Å². The van der Waals surface area contributed by atoms with E-state index in [1.807, 2.05) is 0 Å². The standard InChI is InChI=1S/C20H29N5O3/c1-23-18-17(19(27)24(2)20(23)28)25(12-22-18)9-3-4-16(26)21-8-7-15-11-13-5-6-14(15)10-13/h12-15H,3-11H2,1-2H3,(H,21,26). The van der Waals surface area contributed by atoms with Crippen LogP contribution in [0.1, 0.15) is 44.9 Å². The summed E-state index contributed by atoms with van der Waals surface area (Å²) in [5, 5.41) is 3.05. The molecule has 0 saturated heterocycles. The zero-order valence-corrected chi connectivity index (χ0v) is 16.7. The van der Waals surface area contributed by atoms with Gasteiger partial charge in [0.15, 0.2) is 11.2 Å². The number of fused-ring (bicyclic) bond motifs is 3. The molecular weight excluding hydrogens is 358 g/mol. The Bertz CT molecular complexity index is 1000. The molecule has 2 saturated carbocycles. The van der Waals surface area contributed by atoms with Crippen LogP contribution in [0.25, 0.3) is 11.2 Å². The van der Waals surface area contributed by atoms with E-state index in [1.54, 1.807) is 17.9 Å². The van der Waals surface area contributed by atoms with Gasteiger partial charge >= 0.3 is 5.69 Å². The summed E-state index contributed by atoms with van der Waals surface area (Å²) in [5.74, 6) is 2.71. The summed E-state index contributed by atoms with van der Waals surface area (Å²) in [6.07, 6.45) is 9.26. The molecule has 2 fully saturated rings. The minimum atomic E-state index is -0.391. The van der Waals surface area contributed by atoms with Crippen molar-refractivity contribution in [3.05, 3.63) is 27.2 Å². The third kappa shape index (κ3) is 3.40. The van der Waals surface area contributed by atoms with Crippen LogP contribution < -0.4 is 16.6 Å². The highest BCUT2D eigenvalue weighted by Gasteiger charge is 2.38. The Morgan fingerprint density at radius 3 is 2.75 bits per heavy atom. The molecule has 1 N–H and O–H groups in total. The average Bonchev–Trinajstić information content (AvgIpc) is 3.40. The maximum atomic E-state index is 12.4. The van der Waals surface area contributed by atoms with E-state index in [0.29, 0.717) is 30.6 Å². The van der Waals surface area contributed by atoms with Crippen molar-refractivity contribution in [2.24, 2.45) is 31.8 Å². The molecule has 2 aromatic rings. The van der Waals surface area contributed by atoms with Crippen molar-refractivity contribution in [2.75, 3.05) is 6.54 Å². The molecule has 2 aliphatic carbocycles. The largest absolute Gasteiger partial charge is 0.356 e. The Labute approximate surface area is 163 Å². The highest BCUT2D eigenvalue weighted by atomic mass is 16.2. The Kier molecular flexibility index (Phi) is 5.12. The van der Waals surface area contributed by atoms with Crippen LogP contribution >= 0.6 is 0 Å². The van der Waals surface area contributed by atoms with Crippen LogP contribution in [0.3, 0.4) is 0 Å². The van der Waals surface area contributed by atoms with Gasteiger partial charge in [-0.25, -0.2) is 9.78 Å². The summed E-state index contributed by atoms with van der Waals surface area (Å²) in [4.78, 5) is 40.7. The van der Waals surface area contributed by atoms with Crippen LogP contribution in [0.4, 0.5) is 0 Å². The Morgan fingerprint density at radius 2 is 2.04 bits per heavy atom. The average molecular weight is 387 g/mol. The molecule has 1 amide bonds. The van der Waals surface area contributed by atoms with Crippen molar-refractivity contribution >= 4 is 17.1 Å². The van der Waals surface area contributed by atoms with Gasteiger partial charge in [-0.3, -0.25) is 18.7 Å². The minimum absolute atomic E-state index is 0.0629. The first-order valence-electron chi connectivity index (χ1n) is 10.3. The van der Waals surface area contributed by atoms with Gasteiger partial charge in [-0.05, 0) is 49.9 Å². The molecule has 3 atom stereocenters. The zero-order chi connectivity index (χ0) is 19.8. The lowest BCUT2D eigenvalue weighted by Gasteiger charge is -2.21. The molecule has 8 nitrogen and oxygen atoms in total. The van der Waals surface area contributed by atoms with E-state index in [1.165, 1.54) is 37.3 Å². The molecule has 0 aromatic carbocycles. The van der Waals surface area contributed by atoms with E-state index in [4.69, 9.17) is 0 Å². The summed E-state index contributed by atoms with van der Waals surface area (Å²) >= 11 is 0. The second kappa shape index (κ2) is 7.56. The highest BCUT2D eigenvalue weighted by Crippen LogP contribution is 2.49. The minimum Gasteiger partial charge on any atom is -0.356 e. The lowest BCUT2D eigenvalue weighted by atomic mass is 9.86. The van der Waals surface area contributed by atoms with Crippen LogP contribution in [0.2, 0.25) is 0 Å². The van der Waals surface area contributed by atoms with Gasteiger partial charge in [0.1, 0.15) is 0 Å². The summed E-state index contributed by atoms with van der Waals surface area (Å²) < 4.78 is 4.19. The summed E-state index contributed by atoms with van der Waals surface area (Å²) in [7, 11) is 3.07. The second-order valence-electron chi connectivity index (χ2n) is 8.49. The van der Waals surface area contributed by atoms with Crippen LogP contribution in [-0.4, -0.2) is 31.1 Å². The van der Waals surface area contributed by atoms with Gasteiger partial charge in [0.25, 0.3) is 5.56 Å². The lowest BCUT2D eigenvalue weighted by Crippen LogP contribution is -2.37. The monoisotopic (exact) mass is 387 g/mol. The summed E-state index contributed by atoms with van der Waals surface area (Å²) in [6, 6.07) is 0. The molecule has 0 spiro atoms. The lowest BCUT2D eigenvalue weighted by molar-refractivity contribution is -0.121. The van der Waals surface area contributed by atoms with Gasteiger partial charge in [0.2, 0.25) is 5.91 Å². The molecule has 0 radical (unpaired) electrons. The second-order valence-corrected chi connectivity index (χ2v) is 8.49. The molecule has 2 heterocycles. The third-order valence-electron chi connectivity index (χ3n) is 6.74. The number of imidazole rings is 1. The quantitative estimate of drug-likeness (QED) is 0.772. The van der Waals surface area contributed by atoms with E-state index >= 15 is 0 Å². The number of carbonyl (C=O) groups excluding carboxylic acids is 1. The summed E-state index contributed by atoms with van der Waals surface area (Å²) in [5.41, 5.74) is 0.0354. The molecular formula is C20H29N5O3. The molecule has 0 aliphatic heterocycles. The number of amides is 1. The van der Waals surface area contributed by atoms with Gasteiger partial charge in [-0.1, -0.05) is 6.42 Å². The van der Waals surface area contributed by atoms with Crippen LogP contribution in [0.15, 0.2) is 15.9 Å². The first-order valence-corrected chi connectivity index (χ1v) is 10.3. The smallest absolute Gasteiger partial charge is 0.332 e. The molecule has 3 unspecified atom stereocenters. The normalized spacial score (nSPS) is 23.6. The predicted molar refractivity (Wildman–Crippen MR) is 106 cm³/mol. The van der Waals surface area contributed by atoms with E-state index in [9.17, 15) is 14.4 Å². The van der Waals surface area contributed by atoms with E-state index in [2.05, 4.69) is 10.3 Å². The highest BCUT2D eigenvalue weighted by molar-refractivity contribution is 5.75. The maximum Gasteiger partial charge on any atom is 0.332 e. The molecule has 4 rings (SSSR count). The van der Waals surface area contributed by atoms with Crippen molar-refractivity contribution in [3.63, 3.8) is 0 Å². The molecule has 2 bridgehead atoms. The molecule has 152 valence electrons. The molecule has 2 aliphatic rings. The first-order chi connectivity index (χ1) is 13.5. The number of aromatic nitrogens is 4. The van der Waals surface area contributed by atoms with Gasteiger partial charge < -0.3 is 9.88 Å². The Morgan fingerprint density at radius 1 is 1.21 bits per heavy atom. The van der Waals surface area contributed by atoms with Gasteiger partial charge in [-0.2, -0.15) is 0 Å². The number of carbonyl (C=O) groups is 1. The predicted octanol–water partition coefficient (Wildman–Crippen LogP) is 1.16. The molecule has 2 aromatic heterocycles. The topological polar surface area (TPSA) is 90.9 Å². The molecule has 8 heteroatoms. The van der Waals surface area contributed by atoms with Crippen LogP contribution in [0.5, 0.6) is 0 Å². The van der Waals surface area contributed by atoms with Crippen LogP contribution in [0, 0.1) is 17.8 Å². The fraction of sp³-hybridized carbons (Fsp3) is 0.700. The summed E-state index contributed by atoms with van der Waals surface area (Å²) in [6.45, 7) is 1.28. The fourth-order valence-electron chi connectivity index (χ4n) is 5.19. The van der Waals surface area contributed by atoms with Crippen molar-refractivity contribution in [3.8, 4) is 0 Å². The van der Waals surface area contributed by atoms with E-state index in [-0.39, 0.29) is 11.5 Å². The van der Waals surface area contributed by atoms with Crippen molar-refractivity contribution in [1.29, 1.82) is 0 Å².